The van der Waals surface area contributed by atoms with Crippen LogP contribution in [-0.2, 0) is 14.3 Å². The Labute approximate surface area is 142 Å². The minimum Gasteiger partial charge on any atom is -0.381 e. The van der Waals surface area contributed by atoms with Gasteiger partial charge in [0, 0.05) is 26.2 Å². The largest absolute Gasteiger partial charge is 0.381 e. The summed E-state index contributed by atoms with van der Waals surface area (Å²) < 4.78 is 11.8. The number of carbonyl (C=O) groups excluding carboxylic acids is 1. The first-order chi connectivity index (χ1) is 11.1. The van der Waals surface area contributed by atoms with Crippen molar-refractivity contribution in [3.63, 3.8) is 0 Å². The standard InChI is InChI=1S/C19H31BO3/c20-19(6-4-2-1-3-5-7-19)17(8-12-21)9-15-23-18(16-17)10-13-22-14-11-18/h12H,1-11,13-16H2. The fourth-order valence-corrected chi connectivity index (χ4v) is 5.31. The van der Waals surface area contributed by atoms with Gasteiger partial charge < -0.3 is 14.3 Å². The summed E-state index contributed by atoms with van der Waals surface area (Å²) >= 11 is 0. The highest BCUT2D eigenvalue weighted by Crippen LogP contribution is 2.62. The fraction of sp³-hybridized carbons (Fsp3) is 0.947. The van der Waals surface area contributed by atoms with E-state index in [0.29, 0.717) is 6.42 Å². The van der Waals surface area contributed by atoms with Crippen LogP contribution in [0.1, 0.15) is 77.0 Å². The first kappa shape index (κ1) is 17.5. The Balaban J connectivity index is 1.86. The molecule has 4 heteroatoms. The van der Waals surface area contributed by atoms with Crippen LogP contribution >= 0.6 is 0 Å². The lowest BCUT2D eigenvalue weighted by molar-refractivity contribution is -0.178. The Morgan fingerprint density at radius 2 is 1.52 bits per heavy atom. The highest BCUT2D eigenvalue weighted by Gasteiger charge is 2.53. The first-order valence-electron chi connectivity index (χ1n) is 9.58. The van der Waals surface area contributed by atoms with Gasteiger partial charge in [-0.1, -0.05) is 50.3 Å². The van der Waals surface area contributed by atoms with Gasteiger partial charge in [0.05, 0.1) is 13.4 Å². The molecule has 1 aliphatic carbocycles. The van der Waals surface area contributed by atoms with Gasteiger partial charge >= 0.3 is 0 Å². The number of hydrogen-bond donors (Lipinski definition) is 0. The third kappa shape index (κ3) is 3.53. The zero-order chi connectivity index (χ0) is 16.2. The maximum atomic E-state index is 11.6. The molecule has 0 aromatic carbocycles. The van der Waals surface area contributed by atoms with Crippen molar-refractivity contribution >= 4 is 14.1 Å². The van der Waals surface area contributed by atoms with Crippen molar-refractivity contribution in [2.75, 3.05) is 19.8 Å². The molecule has 0 aromatic heterocycles. The van der Waals surface area contributed by atoms with Crippen LogP contribution < -0.4 is 0 Å². The molecule has 128 valence electrons. The fourth-order valence-electron chi connectivity index (χ4n) is 5.31. The van der Waals surface area contributed by atoms with E-state index in [1.165, 1.54) is 32.1 Å². The SMILES string of the molecule is [B]C1(C2(CC=O)CCOC3(CCOCC3)C2)CCCCCCC1. The molecule has 3 rings (SSSR count). The van der Waals surface area contributed by atoms with Gasteiger partial charge in [0.2, 0.25) is 0 Å². The maximum absolute atomic E-state index is 11.6. The van der Waals surface area contributed by atoms with E-state index in [-0.39, 0.29) is 16.3 Å². The van der Waals surface area contributed by atoms with E-state index in [4.69, 9.17) is 17.3 Å². The van der Waals surface area contributed by atoms with E-state index in [9.17, 15) is 4.79 Å². The molecule has 0 N–H and O–H groups in total. The van der Waals surface area contributed by atoms with Crippen molar-refractivity contribution in [1.82, 2.24) is 0 Å². The lowest BCUT2D eigenvalue weighted by Gasteiger charge is -2.57. The molecule has 0 aromatic rings. The Morgan fingerprint density at radius 1 is 0.870 bits per heavy atom. The quantitative estimate of drug-likeness (QED) is 0.583. The summed E-state index contributed by atoms with van der Waals surface area (Å²) in [4.78, 5) is 11.6. The zero-order valence-corrected chi connectivity index (χ0v) is 14.5. The zero-order valence-electron chi connectivity index (χ0n) is 14.5. The van der Waals surface area contributed by atoms with E-state index in [0.717, 1.165) is 64.6 Å². The van der Waals surface area contributed by atoms with Gasteiger partial charge in [-0.3, -0.25) is 0 Å². The highest BCUT2D eigenvalue weighted by molar-refractivity contribution is 6.16. The van der Waals surface area contributed by atoms with E-state index < -0.39 is 0 Å². The van der Waals surface area contributed by atoms with Gasteiger partial charge in [0.15, 0.2) is 0 Å². The lowest BCUT2D eigenvalue weighted by Crippen LogP contribution is -2.53. The number of aldehydes is 1. The molecule has 1 atom stereocenters. The van der Waals surface area contributed by atoms with Gasteiger partial charge in [0.25, 0.3) is 0 Å². The van der Waals surface area contributed by atoms with E-state index in [1.54, 1.807) is 0 Å². The predicted octanol–water partition coefficient (Wildman–Crippen LogP) is 3.99. The third-order valence-electron chi connectivity index (χ3n) is 6.83. The summed E-state index contributed by atoms with van der Waals surface area (Å²) in [6.07, 6.45) is 13.9. The van der Waals surface area contributed by atoms with Crippen molar-refractivity contribution in [3.8, 4) is 0 Å². The van der Waals surface area contributed by atoms with Crippen LogP contribution in [0.15, 0.2) is 0 Å². The Kier molecular flexibility index (Phi) is 5.52. The molecule has 23 heavy (non-hydrogen) atoms. The van der Waals surface area contributed by atoms with Gasteiger partial charge in [-0.15, -0.1) is 0 Å². The number of hydrogen-bond acceptors (Lipinski definition) is 3. The molecule has 3 fully saturated rings. The van der Waals surface area contributed by atoms with E-state index >= 15 is 0 Å². The first-order valence-corrected chi connectivity index (χ1v) is 9.58. The molecular formula is C19H31BO3. The Bertz CT molecular complexity index is 392. The van der Waals surface area contributed by atoms with Crippen molar-refractivity contribution in [3.05, 3.63) is 0 Å². The second-order valence-corrected chi connectivity index (χ2v) is 8.15. The molecule has 2 aliphatic heterocycles. The summed E-state index contributed by atoms with van der Waals surface area (Å²) in [5.74, 6) is 0. The molecule has 2 radical (unpaired) electrons. The van der Waals surface area contributed by atoms with Crippen molar-refractivity contribution in [2.45, 2.75) is 88.0 Å². The second kappa shape index (κ2) is 7.27. The molecule has 1 unspecified atom stereocenters. The Hall–Kier alpha value is -0.345. The summed E-state index contributed by atoms with van der Waals surface area (Å²) in [6, 6.07) is 0. The van der Waals surface area contributed by atoms with Crippen molar-refractivity contribution in [2.24, 2.45) is 5.41 Å². The molecule has 3 aliphatic rings. The molecule has 0 amide bonds. The lowest BCUT2D eigenvalue weighted by atomic mass is 9.43. The molecule has 0 bridgehead atoms. The Morgan fingerprint density at radius 3 is 2.17 bits per heavy atom. The van der Waals surface area contributed by atoms with Crippen molar-refractivity contribution < 1.29 is 14.3 Å². The van der Waals surface area contributed by atoms with Crippen molar-refractivity contribution in [1.29, 1.82) is 0 Å². The normalized spacial score (nSPS) is 34.4. The minimum absolute atomic E-state index is 0.0817. The van der Waals surface area contributed by atoms with Crippen LogP contribution in [-0.4, -0.2) is 39.6 Å². The highest BCUT2D eigenvalue weighted by atomic mass is 16.5. The molecular weight excluding hydrogens is 287 g/mol. The monoisotopic (exact) mass is 318 g/mol. The van der Waals surface area contributed by atoms with Crippen LogP contribution in [0.5, 0.6) is 0 Å². The number of ether oxygens (including phenoxy) is 2. The number of rotatable bonds is 3. The molecule has 2 heterocycles. The molecule has 1 spiro atoms. The predicted molar refractivity (Wildman–Crippen MR) is 91.9 cm³/mol. The average Bonchev–Trinajstić information content (AvgIpc) is 2.52. The smallest absolute Gasteiger partial charge is 0.120 e. The van der Waals surface area contributed by atoms with Gasteiger partial charge in [-0.05, 0) is 31.1 Å². The van der Waals surface area contributed by atoms with E-state index in [2.05, 4.69) is 0 Å². The summed E-state index contributed by atoms with van der Waals surface area (Å²) in [6.45, 7) is 2.29. The van der Waals surface area contributed by atoms with Gasteiger partial charge in [-0.25, -0.2) is 0 Å². The van der Waals surface area contributed by atoms with Crippen LogP contribution in [0.4, 0.5) is 0 Å². The summed E-state index contributed by atoms with van der Waals surface area (Å²) in [7, 11) is 7.07. The van der Waals surface area contributed by atoms with E-state index in [1.807, 2.05) is 0 Å². The molecule has 1 saturated carbocycles. The maximum Gasteiger partial charge on any atom is 0.120 e. The summed E-state index contributed by atoms with van der Waals surface area (Å²) in [5, 5.41) is -0.205. The molecule has 2 saturated heterocycles. The van der Waals surface area contributed by atoms with Crippen LogP contribution in [0, 0.1) is 5.41 Å². The topological polar surface area (TPSA) is 35.5 Å². The summed E-state index contributed by atoms with van der Waals surface area (Å²) in [5.41, 5.74) is -0.185. The second-order valence-electron chi connectivity index (χ2n) is 8.15. The van der Waals surface area contributed by atoms with Crippen LogP contribution in [0.25, 0.3) is 0 Å². The average molecular weight is 318 g/mol. The third-order valence-corrected chi connectivity index (χ3v) is 6.83. The van der Waals surface area contributed by atoms with Crippen LogP contribution in [0.2, 0.25) is 5.31 Å². The van der Waals surface area contributed by atoms with Gasteiger partial charge in [0.1, 0.15) is 6.29 Å². The molecule has 3 nitrogen and oxygen atoms in total. The van der Waals surface area contributed by atoms with Crippen LogP contribution in [0.3, 0.4) is 0 Å². The van der Waals surface area contributed by atoms with Gasteiger partial charge in [-0.2, -0.15) is 0 Å². The number of carbonyl (C=O) groups is 1. The minimum atomic E-state index is -0.205.